The van der Waals surface area contributed by atoms with Gasteiger partial charge in [-0.25, -0.2) is 4.39 Å². The van der Waals surface area contributed by atoms with Crippen molar-refractivity contribution in [1.82, 2.24) is 15.0 Å². The number of pyridine rings is 1. The van der Waals surface area contributed by atoms with Crippen LogP contribution in [0.25, 0.3) is 11.1 Å². The van der Waals surface area contributed by atoms with Crippen molar-refractivity contribution in [3.8, 4) is 22.9 Å². The number of hydrogen-bond acceptors (Lipinski definition) is 8. The van der Waals surface area contributed by atoms with Gasteiger partial charge in [0.25, 0.3) is 0 Å². The number of halogens is 1. The van der Waals surface area contributed by atoms with E-state index in [2.05, 4.69) is 15.2 Å². The Labute approximate surface area is 201 Å². The van der Waals surface area contributed by atoms with E-state index in [9.17, 15) is 9.18 Å². The highest BCUT2D eigenvalue weighted by atomic mass is 19.1. The van der Waals surface area contributed by atoms with Crippen molar-refractivity contribution in [3.63, 3.8) is 0 Å². The summed E-state index contributed by atoms with van der Waals surface area (Å²) in [6, 6.07) is 5.06. The van der Waals surface area contributed by atoms with Gasteiger partial charge >= 0.3 is 6.01 Å². The van der Waals surface area contributed by atoms with Crippen LogP contribution >= 0.6 is 0 Å². The number of anilines is 2. The molecule has 3 aliphatic carbocycles. The fourth-order valence-corrected chi connectivity index (χ4v) is 5.88. The minimum Gasteiger partial charge on any atom is -0.423 e. The summed E-state index contributed by atoms with van der Waals surface area (Å²) in [6.45, 7) is 1.50. The first-order chi connectivity index (χ1) is 16.9. The molecule has 1 saturated heterocycles. The molecule has 0 amide bonds. The zero-order chi connectivity index (χ0) is 23.9. The zero-order valence-electron chi connectivity index (χ0n) is 19.4. The highest BCUT2D eigenvalue weighted by molar-refractivity contribution is 6.00. The molecule has 3 aromatic rings. The number of hydrogen-bond donors (Lipinski definition) is 2. The van der Waals surface area contributed by atoms with E-state index in [1.54, 1.807) is 25.4 Å². The topological polar surface area (TPSA) is 106 Å². The standard InChI is InChI=1S/C26H25FN6O2/c1-29-19-7-13(27)6-16-15(19)9-20-23(16)24(33-11-22(28)26(12-33)4-5-26)32-25(31-20)35-14-8-17-18(30-10-14)2-3-21(17)34/h6-8,10,22,29H,2-5,9,11-12,28H2,1H3/t22-/m0/s1. The molecule has 3 N–H and O–H groups in total. The van der Waals surface area contributed by atoms with Crippen molar-refractivity contribution >= 4 is 17.3 Å². The lowest BCUT2D eigenvalue weighted by molar-refractivity contribution is 0.0994. The van der Waals surface area contributed by atoms with Crippen molar-refractivity contribution in [1.29, 1.82) is 0 Å². The maximum atomic E-state index is 14.5. The average molecular weight is 473 g/mol. The van der Waals surface area contributed by atoms with Crippen LogP contribution in [-0.2, 0) is 12.8 Å². The molecule has 1 atom stereocenters. The number of nitrogens with zero attached hydrogens (tertiary/aromatic N) is 4. The van der Waals surface area contributed by atoms with Crippen molar-refractivity contribution in [3.05, 3.63) is 52.7 Å². The Morgan fingerprint density at radius 3 is 2.80 bits per heavy atom. The summed E-state index contributed by atoms with van der Waals surface area (Å²) < 4.78 is 20.6. The Kier molecular flexibility index (Phi) is 4.27. The summed E-state index contributed by atoms with van der Waals surface area (Å²) >= 11 is 0. The lowest BCUT2D eigenvalue weighted by Crippen LogP contribution is -2.30. The number of Topliss-reactive ketones (excluding diaryl/α,β-unsaturated/α-hetero) is 1. The largest absolute Gasteiger partial charge is 0.423 e. The number of fused-ring (bicyclic) bond motifs is 4. The molecule has 1 aromatic carbocycles. The Balaban J connectivity index is 1.33. The number of carbonyl (C=O) groups excluding carboxylic acids is 1. The first kappa shape index (κ1) is 20.8. The summed E-state index contributed by atoms with van der Waals surface area (Å²) in [4.78, 5) is 28.3. The minimum atomic E-state index is -0.308. The number of rotatable bonds is 4. The number of carbonyl (C=O) groups is 1. The molecule has 4 aliphatic rings. The van der Waals surface area contributed by atoms with Gasteiger partial charge in [-0.2, -0.15) is 9.97 Å². The van der Waals surface area contributed by atoms with E-state index < -0.39 is 0 Å². The third kappa shape index (κ3) is 3.14. The number of nitrogens with one attached hydrogen (secondary N) is 1. The molecule has 7 rings (SSSR count). The van der Waals surface area contributed by atoms with Gasteiger partial charge in [0.1, 0.15) is 17.4 Å². The van der Waals surface area contributed by atoms with Gasteiger partial charge in [-0.05, 0) is 48.6 Å². The molecule has 1 spiro atoms. The Morgan fingerprint density at radius 2 is 2.03 bits per heavy atom. The second kappa shape index (κ2) is 7.21. The van der Waals surface area contributed by atoms with E-state index in [-0.39, 0.29) is 29.1 Å². The van der Waals surface area contributed by atoms with Crippen LogP contribution in [0.1, 0.15) is 46.6 Å². The van der Waals surface area contributed by atoms with E-state index in [0.717, 1.165) is 59.0 Å². The fourth-order valence-electron chi connectivity index (χ4n) is 5.88. The van der Waals surface area contributed by atoms with Crippen LogP contribution in [0.15, 0.2) is 24.4 Å². The first-order valence-electron chi connectivity index (χ1n) is 12.1. The van der Waals surface area contributed by atoms with Crippen LogP contribution in [0.2, 0.25) is 0 Å². The SMILES string of the molecule is CNc1cc(F)cc2c1Cc1nc(Oc3cnc4c(c3)C(=O)CC4)nc(N3C[C@H](N)C4(CC4)C3)c1-2. The molecule has 2 aromatic heterocycles. The van der Waals surface area contributed by atoms with Crippen molar-refractivity contribution in [2.45, 2.75) is 38.1 Å². The van der Waals surface area contributed by atoms with Crippen LogP contribution < -0.4 is 20.7 Å². The van der Waals surface area contributed by atoms with E-state index in [0.29, 0.717) is 37.1 Å². The van der Waals surface area contributed by atoms with Gasteiger partial charge in [-0.3, -0.25) is 9.78 Å². The van der Waals surface area contributed by atoms with Crippen LogP contribution in [0, 0.1) is 11.2 Å². The quantitative estimate of drug-likeness (QED) is 0.465. The monoisotopic (exact) mass is 472 g/mol. The van der Waals surface area contributed by atoms with Crippen molar-refractivity contribution in [2.75, 3.05) is 30.4 Å². The number of aromatic nitrogens is 3. The molecule has 0 bridgehead atoms. The van der Waals surface area contributed by atoms with Crippen LogP contribution in [0.3, 0.4) is 0 Å². The smallest absolute Gasteiger partial charge is 0.324 e. The molecular formula is C26H25FN6O2. The summed E-state index contributed by atoms with van der Waals surface area (Å²) in [5.41, 5.74) is 12.2. The predicted octanol–water partition coefficient (Wildman–Crippen LogP) is 3.47. The summed E-state index contributed by atoms with van der Waals surface area (Å²) in [6.07, 6.45) is 5.52. The molecule has 8 nitrogen and oxygen atoms in total. The third-order valence-corrected chi connectivity index (χ3v) is 7.99. The number of aryl methyl sites for hydroxylation is 1. The van der Waals surface area contributed by atoms with Crippen LogP contribution in [0.5, 0.6) is 11.8 Å². The second-order valence-corrected chi connectivity index (χ2v) is 10.1. The lowest BCUT2D eigenvalue weighted by atomic mass is 10.0. The molecule has 178 valence electrons. The molecule has 1 saturated carbocycles. The van der Waals surface area contributed by atoms with Crippen molar-refractivity contribution < 1.29 is 13.9 Å². The highest BCUT2D eigenvalue weighted by Gasteiger charge is 2.54. The molecule has 3 heterocycles. The average Bonchev–Trinajstić information content (AvgIpc) is 3.25. The number of nitrogens with two attached hydrogens (primary N) is 1. The second-order valence-electron chi connectivity index (χ2n) is 10.1. The first-order valence-corrected chi connectivity index (χ1v) is 12.1. The fraction of sp³-hybridized carbons (Fsp3) is 0.385. The lowest BCUT2D eigenvalue weighted by Gasteiger charge is -2.21. The van der Waals surface area contributed by atoms with Gasteiger partial charge < -0.3 is 20.7 Å². The molecule has 9 heteroatoms. The maximum absolute atomic E-state index is 14.5. The molecule has 0 radical (unpaired) electrons. The molecule has 1 aliphatic heterocycles. The van der Waals surface area contributed by atoms with Gasteiger partial charge in [-0.1, -0.05) is 0 Å². The van der Waals surface area contributed by atoms with Crippen molar-refractivity contribution in [2.24, 2.45) is 11.1 Å². The van der Waals surface area contributed by atoms with E-state index in [1.165, 1.54) is 6.07 Å². The van der Waals surface area contributed by atoms with Gasteiger partial charge in [-0.15, -0.1) is 0 Å². The number of ketones is 1. The van der Waals surface area contributed by atoms with Gasteiger partial charge in [0, 0.05) is 61.2 Å². The Hall–Kier alpha value is -3.59. The Bertz CT molecular complexity index is 1420. The van der Waals surface area contributed by atoms with Gasteiger partial charge in [0.2, 0.25) is 0 Å². The summed E-state index contributed by atoms with van der Waals surface area (Å²) in [5.74, 6) is 0.921. The number of benzene rings is 1. The Morgan fingerprint density at radius 1 is 1.17 bits per heavy atom. The molecular weight excluding hydrogens is 447 g/mol. The molecule has 2 fully saturated rings. The van der Waals surface area contributed by atoms with Gasteiger partial charge in [0.15, 0.2) is 5.78 Å². The van der Waals surface area contributed by atoms with E-state index >= 15 is 0 Å². The molecule has 35 heavy (non-hydrogen) atoms. The zero-order valence-corrected chi connectivity index (χ0v) is 19.4. The predicted molar refractivity (Wildman–Crippen MR) is 129 cm³/mol. The van der Waals surface area contributed by atoms with E-state index in [4.69, 9.17) is 20.4 Å². The number of ether oxygens (including phenoxy) is 1. The van der Waals surface area contributed by atoms with Gasteiger partial charge in [0.05, 0.1) is 17.6 Å². The van der Waals surface area contributed by atoms with Crippen LogP contribution in [-0.4, -0.2) is 46.9 Å². The summed E-state index contributed by atoms with van der Waals surface area (Å²) in [5, 5.41) is 3.11. The molecule has 0 unspecified atom stereocenters. The summed E-state index contributed by atoms with van der Waals surface area (Å²) in [7, 11) is 1.79. The van der Waals surface area contributed by atoms with E-state index in [1.807, 2.05) is 0 Å². The van der Waals surface area contributed by atoms with Crippen LogP contribution in [0.4, 0.5) is 15.9 Å². The third-order valence-electron chi connectivity index (χ3n) is 7.99. The minimum absolute atomic E-state index is 0.0747. The highest BCUT2D eigenvalue weighted by Crippen LogP contribution is 2.54. The maximum Gasteiger partial charge on any atom is 0.324 e. The normalized spacial score (nSPS) is 20.7.